The maximum Gasteiger partial charge on any atom is 0.322 e. The van der Waals surface area contributed by atoms with Crippen molar-refractivity contribution in [2.24, 2.45) is 0 Å². The number of nitrogens with zero attached hydrogens (tertiary/aromatic N) is 3. The molecule has 0 bridgehead atoms. The lowest BCUT2D eigenvalue weighted by Crippen LogP contribution is -2.49. The van der Waals surface area contributed by atoms with E-state index in [1.807, 2.05) is 0 Å². The van der Waals surface area contributed by atoms with Crippen LogP contribution < -0.4 is 5.32 Å². The van der Waals surface area contributed by atoms with E-state index in [9.17, 15) is 13.2 Å². The summed E-state index contributed by atoms with van der Waals surface area (Å²) in [7, 11) is -3.75. The summed E-state index contributed by atoms with van der Waals surface area (Å²) in [6.07, 6.45) is 1.84. The standard InChI is InChI=1S/C16H14Cl2N4O4S3/c17-11-8-9(13(18)28-11)15-20-21-16(26-15)19-14(23)10-4-1-2-6-22(10)29(24,25)12-5-3-7-27-12/h3,5,7-8,10H,1-2,4,6H2,(H,19,21,23). The molecule has 8 nitrogen and oxygen atoms in total. The lowest BCUT2D eigenvalue weighted by atomic mass is 10.0. The zero-order valence-corrected chi connectivity index (χ0v) is 18.6. The van der Waals surface area contributed by atoms with Crippen molar-refractivity contribution in [3.8, 4) is 11.5 Å². The monoisotopic (exact) mass is 492 g/mol. The zero-order valence-electron chi connectivity index (χ0n) is 14.7. The van der Waals surface area contributed by atoms with E-state index in [2.05, 4.69) is 15.5 Å². The van der Waals surface area contributed by atoms with Crippen LogP contribution in [0.2, 0.25) is 8.67 Å². The average molecular weight is 493 g/mol. The Hall–Kier alpha value is -1.50. The van der Waals surface area contributed by atoms with Crippen molar-refractivity contribution in [1.82, 2.24) is 14.5 Å². The summed E-state index contributed by atoms with van der Waals surface area (Å²) in [5.74, 6) is -0.408. The van der Waals surface area contributed by atoms with E-state index in [4.69, 9.17) is 27.6 Å². The fourth-order valence-electron chi connectivity index (χ4n) is 3.04. The molecule has 154 valence electrons. The van der Waals surface area contributed by atoms with Crippen LogP contribution >= 0.6 is 45.9 Å². The summed E-state index contributed by atoms with van der Waals surface area (Å²) in [5.41, 5.74) is 0.467. The number of halogens is 2. The van der Waals surface area contributed by atoms with E-state index in [-0.39, 0.29) is 22.7 Å². The Morgan fingerprint density at radius 3 is 2.83 bits per heavy atom. The van der Waals surface area contributed by atoms with Gasteiger partial charge in [0.05, 0.1) is 9.90 Å². The third-order valence-corrected chi connectivity index (χ3v) is 9.13. The van der Waals surface area contributed by atoms with Crippen molar-refractivity contribution in [2.75, 3.05) is 11.9 Å². The highest BCUT2D eigenvalue weighted by molar-refractivity contribution is 7.91. The molecule has 1 aliphatic rings. The van der Waals surface area contributed by atoms with E-state index in [1.165, 1.54) is 10.4 Å². The lowest BCUT2D eigenvalue weighted by Gasteiger charge is -2.32. The molecule has 4 rings (SSSR count). The Labute approximate surface area is 184 Å². The van der Waals surface area contributed by atoms with Gasteiger partial charge in [0.15, 0.2) is 0 Å². The largest absolute Gasteiger partial charge is 0.403 e. The normalized spacial score (nSPS) is 18.1. The first-order valence-electron chi connectivity index (χ1n) is 8.51. The van der Waals surface area contributed by atoms with Crippen LogP contribution in [0.15, 0.2) is 32.2 Å². The molecule has 29 heavy (non-hydrogen) atoms. The Morgan fingerprint density at radius 1 is 1.31 bits per heavy atom. The Morgan fingerprint density at radius 2 is 2.14 bits per heavy atom. The second-order valence-electron chi connectivity index (χ2n) is 6.20. The summed E-state index contributed by atoms with van der Waals surface area (Å²) in [5, 5.41) is 11.9. The quantitative estimate of drug-likeness (QED) is 0.567. The van der Waals surface area contributed by atoms with E-state index in [0.717, 1.165) is 29.1 Å². The molecule has 0 aliphatic carbocycles. The second-order valence-corrected chi connectivity index (χ2v) is 11.5. The van der Waals surface area contributed by atoms with Crippen LogP contribution in [0.25, 0.3) is 11.5 Å². The van der Waals surface area contributed by atoms with Crippen LogP contribution in [0, 0.1) is 0 Å². The number of carbonyl (C=O) groups excluding carboxylic acids is 1. The van der Waals surface area contributed by atoms with Crippen molar-refractivity contribution in [3.05, 3.63) is 32.3 Å². The number of sulfonamides is 1. The molecule has 1 aliphatic heterocycles. The van der Waals surface area contributed by atoms with Gasteiger partial charge in [0.1, 0.15) is 14.6 Å². The molecular weight excluding hydrogens is 479 g/mol. The van der Waals surface area contributed by atoms with Crippen molar-refractivity contribution in [2.45, 2.75) is 29.5 Å². The van der Waals surface area contributed by atoms with Crippen LogP contribution in [-0.4, -0.2) is 41.4 Å². The molecule has 1 fully saturated rings. The van der Waals surface area contributed by atoms with Gasteiger partial charge in [-0.2, -0.15) is 4.31 Å². The fourth-order valence-corrected chi connectivity index (χ4v) is 7.26. The molecule has 0 radical (unpaired) electrons. The minimum Gasteiger partial charge on any atom is -0.403 e. The molecule has 0 aromatic carbocycles. The number of rotatable bonds is 5. The van der Waals surface area contributed by atoms with Gasteiger partial charge in [0, 0.05) is 6.54 Å². The van der Waals surface area contributed by atoms with Crippen LogP contribution in [0.5, 0.6) is 0 Å². The van der Waals surface area contributed by atoms with Crippen LogP contribution in [-0.2, 0) is 14.8 Å². The van der Waals surface area contributed by atoms with Gasteiger partial charge in [-0.25, -0.2) is 8.42 Å². The first-order chi connectivity index (χ1) is 13.9. The first kappa shape index (κ1) is 20.8. The highest BCUT2D eigenvalue weighted by Gasteiger charge is 2.38. The Kier molecular flexibility index (Phi) is 5.96. The molecule has 1 atom stereocenters. The van der Waals surface area contributed by atoms with E-state index in [0.29, 0.717) is 27.1 Å². The molecule has 1 saturated heterocycles. The van der Waals surface area contributed by atoms with Gasteiger partial charge < -0.3 is 4.42 Å². The Balaban J connectivity index is 1.53. The number of aromatic nitrogens is 2. The highest BCUT2D eigenvalue weighted by atomic mass is 35.5. The van der Waals surface area contributed by atoms with Gasteiger partial charge in [-0.1, -0.05) is 40.8 Å². The SMILES string of the molecule is O=C(Nc1nnc(-c2cc(Cl)sc2Cl)o1)C1CCCCN1S(=O)(=O)c1cccs1. The number of piperidine rings is 1. The first-order valence-corrected chi connectivity index (χ1v) is 12.4. The van der Waals surface area contributed by atoms with E-state index >= 15 is 0 Å². The van der Waals surface area contributed by atoms with Gasteiger partial charge in [0.25, 0.3) is 15.9 Å². The summed E-state index contributed by atoms with van der Waals surface area (Å²) in [6.45, 7) is 0.274. The van der Waals surface area contributed by atoms with Crippen LogP contribution in [0.1, 0.15) is 19.3 Å². The number of hydrogen-bond donors (Lipinski definition) is 1. The molecule has 4 heterocycles. The van der Waals surface area contributed by atoms with Crippen molar-refractivity contribution < 1.29 is 17.6 Å². The number of nitrogens with one attached hydrogen (secondary N) is 1. The highest BCUT2D eigenvalue weighted by Crippen LogP contribution is 2.38. The van der Waals surface area contributed by atoms with Gasteiger partial charge >= 0.3 is 6.01 Å². The summed E-state index contributed by atoms with van der Waals surface area (Å²) < 4.78 is 33.6. The predicted molar refractivity (Wildman–Crippen MR) is 112 cm³/mol. The zero-order chi connectivity index (χ0) is 20.6. The van der Waals surface area contributed by atoms with E-state index < -0.39 is 22.0 Å². The molecule has 0 spiro atoms. The van der Waals surface area contributed by atoms with Crippen molar-refractivity contribution >= 4 is 67.8 Å². The summed E-state index contributed by atoms with van der Waals surface area (Å²) in [6, 6.07) is 3.79. The summed E-state index contributed by atoms with van der Waals surface area (Å²) >= 11 is 14.3. The van der Waals surface area contributed by atoms with Gasteiger partial charge in [0.2, 0.25) is 5.91 Å². The molecule has 1 unspecified atom stereocenters. The number of hydrogen-bond acceptors (Lipinski definition) is 8. The van der Waals surface area contributed by atoms with Gasteiger partial charge in [-0.3, -0.25) is 10.1 Å². The fraction of sp³-hybridized carbons (Fsp3) is 0.312. The minimum atomic E-state index is -3.75. The second kappa shape index (κ2) is 8.32. The van der Waals surface area contributed by atoms with Gasteiger partial charge in [-0.05, 0) is 30.4 Å². The number of anilines is 1. The van der Waals surface area contributed by atoms with Crippen molar-refractivity contribution in [1.29, 1.82) is 0 Å². The molecule has 1 amide bonds. The average Bonchev–Trinajstić information content (AvgIpc) is 3.43. The lowest BCUT2D eigenvalue weighted by molar-refractivity contribution is -0.120. The minimum absolute atomic E-state index is 0.111. The number of thiophene rings is 2. The topological polar surface area (TPSA) is 105 Å². The molecule has 1 N–H and O–H groups in total. The maximum atomic E-state index is 12.9. The third-order valence-electron chi connectivity index (χ3n) is 4.36. The maximum absolute atomic E-state index is 12.9. The molecular formula is C16H14Cl2N4O4S3. The summed E-state index contributed by atoms with van der Waals surface area (Å²) in [4.78, 5) is 12.8. The van der Waals surface area contributed by atoms with Crippen LogP contribution in [0.3, 0.4) is 0 Å². The van der Waals surface area contributed by atoms with Crippen LogP contribution in [0.4, 0.5) is 6.01 Å². The van der Waals surface area contributed by atoms with Gasteiger partial charge in [-0.15, -0.1) is 27.8 Å². The molecule has 3 aromatic rings. The van der Waals surface area contributed by atoms with Crippen molar-refractivity contribution in [3.63, 3.8) is 0 Å². The molecule has 13 heteroatoms. The predicted octanol–water partition coefficient (Wildman–Crippen LogP) is 4.35. The number of amides is 1. The number of carbonyl (C=O) groups is 1. The molecule has 0 saturated carbocycles. The third kappa shape index (κ3) is 4.21. The Bertz CT molecular complexity index is 1130. The smallest absolute Gasteiger partial charge is 0.322 e. The van der Waals surface area contributed by atoms with E-state index in [1.54, 1.807) is 17.5 Å². The molecule has 3 aromatic heterocycles.